The fourth-order valence-corrected chi connectivity index (χ4v) is 0.781. The van der Waals surface area contributed by atoms with Crippen molar-refractivity contribution in [3.05, 3.63) is 17.3 Å². The normalized spacial score (nSPS) is 13.3. The Balaban J connectivity index is 3.11. The molecule has 0 fully saturated rings. The second-order valence-electron chi connectivity index (χ2n) is 2.40. The number of carbonyl (C=O) groups excluding carboxylic acids is 1. The van der Waals surface area contributed by atoms with Crippen LogP contribution in [0.15, 0.2) is 4.42 Å². The third-order valence-electron chi connectivity index (χ3n) is 1.37. The van der Waals surface area contributed by atoms with Crippen molar-refractivity contribution in [3.63, 3.8) is 0 Å². The molecule has 0 aromatic carbocycles. The number of aldehydes is 1. The van der Waals surface area contributed by atoms with Crippen molar-refractivity contribution in [2.45, 2.75) is 19.5 Å². The highest BCUT2D eigenvalue weighted by Gasteiger charge is 2.22. The van der Waals surface area contributed by atoms with E-state index in [1.54, 1.807) is 0 Å². The van der Waals surface area contributed by atoms with Crippen molar-refractivity contribution in [3.8, 4) is 0 Å². The zero-order valence-electron chi connectivity index (χ0n) is 6.70. The highest BCUT2D eigenvalue weighted by Crippen LogP contribution is 2.24. The van der Waals surface area contributed by atoms with E-state index in [1.165, 1.54) is 6.92 Å². The van der Waals surface area contributed by atoms with Gasteiger partial charge in [-0.15, -0.1) is 0 Å². The average molecular weight is 191 g/mol. The fraction of sp³-hybridized carbons (Fsp3) is 0.429. The van der Waals surface area contributed by atoms with Crippen molar-refractivity contribution in [2.75, 3.05) is 0 Å². The summed E-state index contributed by atoms with van der Waals surface area (Å²) in [6.45, 7) is 1.30. The van der Waals surface area contributed by atoms with E-state index in [1.807, 2.05) is 0 Å². The van der Waals surface area contributed by atoms with E-state index in [0.29, 0.717) is 0 Å². The second kappa shape index (κ2) is 3.61. The van der Waals surface area contributed by atoms with Gasteiger partial charge in [0.1, 0.15) is 6.10 Å². The van der Waals surface area contributed by atoms with E-state index in [9.17, 15) is 13.6 Å². The molecule has 0 saturated carbocycles. The quantitative estimate of drug-likeness (QED) is 0.735. The van der Waals surface area contributed by atoms with Crippen LogP contribution in [0.3, 0.4) is 0 Å². The number of hydrogen-bond donors (Lipinski definition) is 1. The van der Waals surface area contributed by atoms with E-state index >= 15 is 0 Å². The average Bonchev–Trinajstić information content (AvgIpc) is 2.47. The van der Waals surface area contributed by atoms with Crippen LogP contribution in [-0.2, 0) is 0 Å². The molecule has 1 atom stereocenters. The minimum atomic E-state index is -2.88. The molecule has 0 radical (unpaired) electrons. The van der Waals surface area contributed by atoms with Gasteiger partial charge in [-0.2, -0.15) is 0 Å². The highest BCUT2D eigenvalue weighted by atomic mass is 19.3. The van der Waals surface area contributed by atoms with Gasteiger partial charge in [0.25, 0.3) is 6.43 Å². The molecule has 72 valence electrons. The lowest BCUT2D eigenvalue weighted by atomic mass is 10.4. The number of alkyl halides is 2. The molecule has 6 heteroatoms. The van der Waals surface area contributed by atoms with E-state index in [0.717, 1.165) is 0 Å². The number of carbonyl (C=O) groups is 1. The molecule has 0 saturated heterocycles. The number of hydrogen-bond acceptors (Lipinski definition) is 4. The Hall–Kier alpha value is -1.30. The second-order valence-corrected chi connectivity index (χ2v) is 2.40. The minimum Gasteiger partial charge on any atom is -0.435 e. The molecule has 0 aliphatic rings. The Labute approximate surface area is 72.2 Å². The fourth-order valence-electron chi connectivity index (χ4n) is 0.781. The molecule has 0 amide bonds. The Kier molecular flexibility index (Phi) is 2.72. The smallest absolute Gasteiger partial charge is 0.284 e. The molecule has 0 unspecified atom stereocenters. The van der Waals surface area contributed by atoms with E-state index in [4.69, 9.17) is 5.11 Å². The summed E-state index contributed by atoms with van der Waals surface area (Å²) in [5.41, 5.74) is -0.731. The predicted octanol–water partition coefficient (Wildman–Crippen LogP) is 1.48. The zero-order chi connectivity index (χ0) is 10.0. The van der Waals surface area contributed by atoms with Gasteiger partial charge in [-0.05, 0) is 6.92 Å². The van der Waals surface area contributed by atoms with Crippen molar-refractivity contribution >= 4 is 6.29 Å². The van der Waals surface area contributed by atoms with Gasteiger partial charge in [-0.3, -0.25) is 4.79 Å². The third-order valence-corrected chi connectivity index (χ3v) is 1.37. The first-order valence-corrected chi connectivity index (χ1v) is 3.48. The molecular formula is C7H7F2NO3. The molecule has 1 heterocycles. The lowest BCUT2D eigenvalue weighted by molar-refractivity contribution is 0.107. The third kappa shape index (κ3) is 1.89. The van der Waals surface area contributed by atoms with E-state index in [-0.39, 0.29) is 12.2 Å². The Bertz CT molecular complexity index is 309. The maximum atomic E-state index is 12.1. The number of halogens is 2. The SMILES string of the molecule is C[C@H](O)c1nc(C(F)F)c(C=O)o1. The van der Waals surface area contributed by atoms with Crippen LogP contribution < -0.4 is 0 Å². The molecule has 0 aliphatic carbocycles. The number of rotatable bonds is 3. The predicted molar refractivity (Wildman–Crippen MR) is 37.5 cm³/mol. The summed E-state index contributed by atoms with van der Waals surface area (Å²) in [4.78, 5) is 13.5. The minimum absolute atomic E-state index is 0.139. The van der Waals surface area contributed by atoms with Gasteiger partial charge in [0, 0.05) is 0 Å². The molecule has 0 aliphatic heterocycles. The zero-order valence-corrected chi connectivity index (χ0v) is 6.70. The topological polar surface area (TPSA) is 63.3 Å². The van der Waals surface area contributed by atoms with Crippen LogP contribution in [-0.4, -0.2) is 16.4 Å². The lowest BCUT2D eigenvalue weighted by Gasteiger charge is -1.93. The molecule has 4 nitrogen and oxygen atoms in total. The van der Waals surface area contributed by atoms with Crippen molar-refractivity contribution in [1.82, 2.24) is 4.98 Å². The molecule has 1 rings (SSSR count). The maximum Gasteiger partial charge on any atom is 0.284 e. The Morgan fingerprint density at radius 2 is 2.23 bits per heavy atom. The first-order chi connectivity index (χ1) is 6.06. The van der Waals surface area contributed by atoms with Crippen LogP contribution in [0.25, 0.3) is 0 Å². The standard InChI is InChI=1S/C7H7F2NO3/c1-3(12)7-10-5(6(8)9)4(2-11)13-7/h2-3,6,12H,1H3/t3-/m0/s1. The number of oxazole rings is 1. The summed E-state index contributed by atoms with van der Waals surface area (Å²) in [5.74, 6) is -0.816. The lowest BCUT2D eigenvalue weighted by Crippen LogP contribution is -1.92. The first kappa shape index (κ1) is 9.79. The van der Waals surface area contributed by atoms with Crippen LogP contribution in [0.2, 0.25) is 0 Å². The van der Waals surface area contributed by atoms with Gasteiger partial charge >= 0.3 is 0 Å². The summed E-state index contributed by atoms with van der Waals surface area (Å²) in [6.07, 6.45) is -3.84. The van der Waals surface area contributed by atoms with Crippen LogP contribution in [0, 0.1) is 0 Å². The first-order valence-electron chi connectivity index (χ1n) is 3.48. The van der Waals surface area contributed by atoms with E-state index in [2.05, 4.69) is 9.40 Å². The van der Waals surface area contributed by atoms with Crippen LogP contribution in [0.4, 0.5) is 8.78 Å². The van der Waals surface area contributed by atoms with Gasteiger partial charge in [0.05, 0.1) is 0 Å². The number of nitrogens with zero attached hydrogens (tertiary/aromatic N) is 1. The molecular weight excluding hydrogens is 184 g/mol. The molecule has 13 heavy (non-hydrogen) atoms. The van der Waals surface area contributed by atoms with E-state index < -0.39 is 24.0 Å². The number of aliphatic hydroxyl groups is 1. The highest BCUT2D eigenvalue weighted by molar-refractivity contribution is 5.72. The van der Waals surface area contributed by atoms with Gasteiger partial charge in [-0.25, -0.2) is 13.8 Å². The number of aliphatic hydroxyl groups excluding tert-OH is 1. The maximum absolute atomic E-state index is 12.1. The summed E-state index contributed by atoms with van der Waals surface area (Å²) in [6, 6.07) is 0. The Morgan fingerprint density at radius 3 is 2.54 bits per heavy atom. The molecule has 1 N–H and O–H groups in total. The van der Waals surface area contributed by atoms with Crippen molar-refractivity contribution in [2.24, 2.45) is 0 Å². The van der Waals surface area contributed by atoms with Crippen molar-refractivity contribution < 1.29 is 23.1 Å². The monoisotopic (exact) mass is 191 g/mol. The van der Waals surface area contributed by atoms with Gasteiger partial charge in [0.2, 0.25) is 5.89 Å². The molecule has 0 spiro atoms. The summed E-state index contributed by atoms with van der Waals surface area (Å²) < 4.78 is 28.8. The van der Waals surface area contributed by atoms with Gasteiger partial charge in [0.15, 0.2) is 17.7 Å². The summed E-state index contributed by atoms with van der Waals surface area (Å²) >= 11 is 0. The number of aromatic nitrogens is 1. The molecule has 1 aromatic heterocycles. The summed E-state index contributed by atoms with van der Waals surface area (Å²) in [5, 5.41) is 8.92. The summed E-state index contributed by atoms with van der Waals surface area (Å²) in [7, 11) is 0. The van der Waals surface area contributed by atoms with Gasteiger partial charge < -0.3 is 9.52 Å². The largest absolute Gasteiger partial charge is 0.435 e. The van der Waals surface area contributed by atoms with Crippen LogP contribution in [0.5, 0.6) is 0 Å². The van der Waals surface area contributed by atoms with Crippen molar-refractivity contribution in [1.29, 1.82) is 0 Å². The van der Waals surface area contributed by atoms with Crippen LogP contribution >= 0.6 is 0 Å². The van der Waals surface area contributed by atoms with Crippen LogP contribution in [0.1, 0.15) is 41.6 Å². The molecule has 0 bridgehead atoms. The Morgan fingerprint density at radius 1 is 1.62 bits per heavy atom. The van der Waals surface area contributed by atoms with Gasteiger partial charge in [-0.1, -0.05) is 0 Å². The molecule has 1 aromatic rings.